The highest BCUT2D eigenvalue weighted by Crippen LogP contribution is 2.34. The first-order chi connectivity index (χ1) is 13.0. The molecule has 0 aromatic heterocycles. The summed E-state index contributed by atoms with van der Waals surface area (Å²) in [5.41, 5.74) is 1.25. The quantitative estimate of drug-likeness (QED) is 0.824. The molecule has 8 heteroatoms. The Kier molecular flexibility index (Phi) is 5.55. The number of benzene rings is 1. The van der Waals surface area contributed by atoms with Crippen LogP contribution in [0.25, 0.3) is 0 Å². The highest BCUT2D eigenvalue weighted by Gasteiger charge is 2.51. The molecule has 1 unspecified atom stereocenters. The highest BCUT2D eigenvalue weighted by molar-refractivity contribution is 7.88. The maximum atomic E-state index is 13.3. The van der Waals surface area contributed by atoms with Gasteiger partial charge in [-0.2, -0.15) is 4.31 Å². The summed E-state index contributed by atoms with van der Waals surface area (Å²) in [7, 11) is -3.61. The number of carbonyl (C=O) groups excluding carboxylic acids is 2. The molecular formula is C20H29N3O4S. The van der Waals surface area contributed by atoms with E-state index in [1.54, 1.807) is 6.92 Å². The average molecular weight is 408 g/mol. The van der Waals surface area contributed by atoms with E-state index in [1.807, 2.05) is 32.0 Å². The van der Waals surface area contributed by atoms with Gasteiger partial charge in [0.15, 0.2) is 0 Å². The first-order valence-electron chi connectivity index (χ1n) is 9.69. The Labute approximate surface area is 167 Å². The molecule has 1 heterocycles. The SMILES string of the molecule is Cc1cccc(N2C(=O)CN(S(C)(=O)=O)CC2(C)C(=O)NC2CCCC2)c1C. The number of carbonyl (C=O) groups is 2. The number of nitrogens with one attached hydrogen (secondary N) is 1. The number of piperazine rings is 1. The Balaban J connectivity index is 2.05. The summed E-state index contributed by atoms with van der Waals surface area (Å²) in [6, 6.07) is 5.69. The summed E-state index contributed by atoms with van der Waals surface area (Å²) in [6.45, 7) is 5.19. The summed E-state index contributed by atoms with van der Waals surface area (Å²) in [5, 5.41) is 3.06. The van der Waals surface area contributed by atoms with E-state index in [9.17, 15) is 18.0 Å². The zero-order valence-corrected chi connectivity index (χ0v) is 17.8. The van der Waals surface area contributed by atoms with Gasteiger partial charge in [-0.05, 0) is 50.8 Å². The van der Waals surface area contributed by atoms with Gasteiger partial charge >= 0.3 is 0 Å². The Morgan fingerprint density at radius 3 is 2.46 bits per heavy atom. The van der Waals surface area contributed by atoms with Crippen molar-refractivity contribution in [3.8, 4) is 0 Å². The van der Waals surface area contributed by atoms with Gasteiger partial charge in [-0.25, -0.2) is 8.42 Å². The number of hydrogen-bond donors (Lipinski definition) is 1. The smallest absolute Gasteiger partial charge is 0.247 e. The number of rotatable bonds is 4. The Morgan fingerprint density at radius 1 is 1.21 bits per heavy atom. The molecule has 2 aliphatic rings. The zero-order chi connectivity index (χ0) is 20.7. The summed E-state index contributed by atoms with van der Waals surface area (Å²) in [6.07, 6.45) is 5.03. The van der Waals surface area contributed by atoms with E-state index in [-0.39, 0.29) is 25.0 Å². The topological polar surface area (TPSA) is 86.8 Å². The lowest BCUT2D eigenvalue weighted by Crippen LogP contribution is -2.70. The molecule has 1 saturated carbocycles. The van der Waals surface area contributed by atoms with Gasteiger partial charge in [0.25, 0.3) is 0 Å². The number of hydrogen-bond acceptors (Lipinski definition) is 4. The monoisotopic (exact) mass is 407 g/mol. The second-order valence-corrected chi connectivity index (χ2v) is 10.2. The minimum atomic E-state index is -3.61. The third-order valence-electron chi connectivity index (χ3n) is 6.00. The predicted octanol–water partition coefficient (Wildman–Crippen LogP) is 1.73. The lowest BCUT2D eigenvalue weighted by molar-refractivity contribution is -0.133. The normalized spacial score (nSPS) is 24.6. The van der Waals surface area contributed by atoms with Crippen LogP contribution >= 0.6 is 0 Å². The van der Waals surface area contributed by atoms with Gasteiger partial charge in [0.05, 0.1) is 12.8 Å². The van der Waals surface area contributed by atoms with Gasteiger partial charge in [0, 0.05) is 18.3 Å². The van der Waals surface area contributed by atoms with E-state index >= 15 is 0 Å². The zero-order valence-electron chi connectivity index (χ0n) is 17.0. The van der Waals surface area contributed by atoms with Crippen LogP contribution in [0.15, 0.2) is 18.2 Å². The van der Waals surface area contributed by atoms with Crippen molar-refractivity contribution in [2.24, 2.45) is 0 Å². The molecule has 1 aromatic carbocycles. The second-order valence-electron chi connectivity index (χ2n) is 8.21. The van der Waals surface area contributed by atoms with Gasteiger partial charge in [-0.1, -0.05) is 25.0 Å². The van der Waals surface area contributed by atoms with Crippen molar-refractivity contribution in [3.05, 3.63) is 29.3 Å². The standard InChI is InChI=1S/C20H29N3O4S/c1-14-8-7-11-17(15(14)2)23-18(24)12-22(28(4,26)27)13-20(23,3)19(25)21-16-9-5-6-10-16/h7-8,11,16H,5-6,9-10,12-13H2,1-4H3,(H,21,25). The maximum absolute atomic E-state index is 13.3. The first kappa shape index (κ1) is 20.8. The Hall–Kier alpha value is -1.93. The highest BCUT2D eigenvalue weighted by atomic mass is 32.2. The molecule has 1 aromatic rings. The molecule has 1 N–H and O–H groups in total. The van der Waals surface area contributed by atoms with E-state index in [2.05, 4.69) is 5.32 Å². The van der Waals surface area contributed by atoms with Crippen LogP contribution in [-0.4, -0.2) is 55.5 Å². The summed E-state index contributed by atoms with van der Waals surface area (Å²) in [5.74, 6) is -0.698. The van der Waals surface area contributed by atoms with Gasteiger partial charge in [-0.3, -0.25) is 14.5 Å². The van der Waals surface area contributed by atoms with Crippen LogP contribution in [0.1, 0.15) is 43.7 Å². The third-order valence-corrected chi connectivity index (χ3v) is 7.20. The molecule has 154 valence electrons. The summed E-state index contributed by atoms with van der Waals surface area (Å²) < 4.78 is 25.5. The predicted molar refractivity (Wildman–Crippen MR) is 109 cm³/mol. The van der Waals surface area contributed by atoms with Gasteiger partial charge in [-0.15, -0.1) is 0 Å². The van der Waals surface area contributed by atoms with E-state index < -0.39 is 21.5 Å². The average Bonchev–Trinajstić information content (AvgIpc) is 3.10. The second kappa shape index (κ2) is 7.48. The molecule has 3 rings (SSSR count). The number of anilines is 1. The van der Waals surface area contributed by atoms with Crippen molar-refractivity contribution in [1.29, 1.82) is 0 Å². The van der Waals surface area contributed by atoms with Gasteiger partial charge in [0.2, 0.25) is 21.8 Å². The van der Waals surface area contributed by atoms with Crippen LogP contribution in [0.4, 0.5) is 5.69 Å². The molecule has 1 atom stereocenters. The molecular weight excluding hydrogens is 378 g/mol. The Bertz CT molecular complexity index is 893. The summed E-state index contributed by atoms with van der Waals surface area (Å²) >= 11 is 0. The number of sulfonamides is 1. The van der Waals surface area contributed by atoms with Crippen molar-refractivity contribution < 1.29 is 18.0 Å². The molecule has 1 aliphatic carbocycles. The van der Waals surface area contributed by atoms with Crippen LogP contribution < -0.4 is 10.2 Å². The van der Waals surface area contributed by atoms with Crippen molar-refractivity contribution in [1.82, 2.24) is 9.62 Å². The van der Waals surface area contributed by atoms with Crippen molar-refractivity contribution in [3.63, 3.8) is 0 Å². The van der Waals surface area contributed by atoms with Crippen LogP contribution in [0.2, 0.25) is 0 Å². The molecule has 1 saturated heterocycles. The molecule has 0 radical (unpaired) electrons. The molecule has 0 spiro atoms. The van der Waals surface area contributed by atoms with E-state index in [0.29, 0.717) is 5.69 Å². The largest absolute Gasteiger partial charge is 0.351 e. The van der Waals surface area contributed by atoms with E-state index in [0.717, 1.165) is 47.4 Å². The number of nitrogens with zero attached hydrogens (tertiary/aromatic N) is 2. The third kappa shape index (κ3) is 3.80. The number of aryl methyl sites for hydroxylation is 1. The molecule has 2 fully saturated rings. The molecule has 28 heavy (non-hydrogen) atoms. The van der Waals surface area contributed by atoms with Crippen LogP contribution in [0.3, 0.4) is 0 Å². The lowest BCUT2D eigenvalue weighted by atomic mass is 9.92. The van der Waals surface area contributed by atoms with Crippen molar-refractivity contribution in [2.75, 3.05) is 24.2 Å². The lowest BCUT2D eigenvalue weighted by Gasteiger charge is -2.47. The van der Waals surface area contributed by atoms with Crippen molar-refractivity contribution in [2.45, 2.75) is 58.0 Å². The van der Waals surface area contributed by atoms with E-state index in [4.69, 9.17) is 0 Å². The van der Waals surface area contributed by atoms with Gasteiger partial charge in [0.1, 0.15) is 5.54 Å². The van der Waals surface area contributed by atoms with Crippen LogP contribution in [-0.2, 0) is 19.6 Å². The minimum Gasteiger partial charge on any atom is -0.351 e. The number of amides is 2. The van der Waals surface area contributed by atoms with Crippen LogP contribution in [0.5, 0.6) is 0 Å². The molecule has 2 amide bonds. The summed E-state index contributed by atoms with van der Waals surface area (Å²) in [4.78, 5) is 28.0. The van der Waals surface area contributed by atoms with Crippen LogP contribution in [0, 0.1) is 13.8 Å². The Morgan fingerprint density at radius 2 is 1.86 bits per heavy atom. The fourth-order valence-corrected chi connectivity index (χ4v) is 4.99. The molecule has 0 bridgehead atoms. The van der Waals surface area contributed by atoms with Gasteiger partial charge < -0.3 is 5.32 Å². The fourth-order valence-electron chi connectivity index (χ4n) is 4.16. The minimum absolute atomic E-state index is 0.0660. The molecule has 7 nitrogen and oxygen atoms in total. The first-order valence-corrected chi connectivity index (χ1v) is 11.5. The van der Waals surface area contributed by atoms with E-state index in [1.165, 1.54) is 4.90 Å². The van der Waals surface area contributed by atoms with Crippen molar-refractivity contribution >= 4 is 27.5 Å². The maximum Gasteiger partial charge on any atom is 0.247 e. The fraction of sp³-hybridized carbons (Fsp3) is 0.600. The molecule has 1 aliphatic heterocycles.